The summed E-state index contributed by atoms with van der Waals surface area (Å²) in [5.74, 6) is 1.50. The van der Waals surface area contributed by atoms with Gasteiger partial charge < -0.3 is 15.4 Å². The van der Waals surface area contributed by atoms with Gasteiger partial charge in [-0.2, -0.15) is 20.1 Å². The molecular formula is C15H24N8O. The Bertz CT molecular complexity index is 686. The molecule has 0 bridgehead atoms. The molecule has 130 valence electrons. The number of hydrogen-bond acceptors (Lipinski definition) is 8. The van der Waals surface area contributed by atoms with Gasteiger partial charge in [-0.25, -0.2) is 0 Å². The van der Waals surface area contributed by atoms with Gasteiger partial charge in [0.1, 0.15) is 5.82 Å². The molecule has 3 rings (SSSR count). The predicted molar refractivity (Wildman–Crippen MR) is 90.4 cm³/mol. The van der Waals surface area contributed by atoms with Crippen molar-refractivity contribution in [2.45, 2.75) is 26.1 Å². The molecule has 0 aliphatic carbocycles. The zero-order chi connectivity index (χ0) is 17.1. The maximum absolute atomic E-state index is 5.89. The van der Waals surface area contributed by atoms with Crippen LogP contribution in [-0.4, -0.2) is 63.4 Å². The van der Waals surface area contributed by atoms with Crippen molar-refractivity contribution in [2.75, 3.05) is 44.4 Å². The van der Waals surface area contributed by atoms with Crippen LogP contribution in [0.4, 0.5) is 11.9 Å². The molecule has 1 saturated heterocycles. The van der Waals surface area contributed by atoms with Crippen LogP contribution in [0.25, 0.3) is 0 Å². The maximum atomic E-state index is 5.89. The second kappa shape index (κ2) is 7.10. The average molecular weight is 332 g/mol. The Labute approximate surface area is 141 Å². The van der Waals surface area contributed by atoms with Crippen LogP contribution in [0.5, 0.6) is 0 Å². The lowest BCUT2D eigenvalue weighted by molar-refractivity contribution is -0.0337. The van der Waals surface area contributed by atoms with Gasteiger partial charge in [0, 0.05) is 45.5 Å². The summed E-state index contributed by atoms with van der Waals surface area (Å²) in [6, 6.07) is 0. The monoisotopic (exact) mass is 332 g/mol. The van der Waals surface area contributed by atoms with E-state index in [0.717, 1.165) is 25.2 Å². The van der Waals surface area contributed by atoms with Gasteiger partial charge in [-0.3, -0.25) is 9.58 Å². The maximum Gasteiger partial charge on any atom is 0.229 e. The molecule has 3 heterocycles. The minimum absolute atomic E-state index is 0.0200. The summed E-state index contributed by atoms with van der Waals surface area (Å²) in [6.45, 7) is 5.82. The lowest BCUT2D eigenvalue weighted by Gasteiger charge is -2.32. The number of hydrogen-bond donors (Lipinski definition) is 1. The van der Waals surface area contributed by atoms with Gasteiger partial charge in [0.25, 0.3) is 0 Å². The summed E-state index contributed by atoms with van der Waals surface area (Å²) in [5, 5.41) is 4.32. The van der Waals surface area contributed by atoms with Gasteiger partial charge in [0.2, 0.25) is 11.9 Å². The fourth-order valence-electron chi connectivity index (χ4n) is 2.66. The van der Waals surface area contributed by atoms with E-state index in [9.17, 15) is 0 Å². The number of morpholine rings is 1. The van der Waals surface area contributed by atoms with Gasteiger partial charge >= 0.3 is 0 Å². The predicted octanol–water partition coefficient (Wildman–Crippen LogP) is 0.310. The molecule has 9 nitrogen and oxygen atoms in total. The van der Waals surface area contributed by atoms with Crippen LogP contribution in [0.3, 0.4) is 0 Å². The van der Waals surface area contributed by atoms with Crippen LogP contribution in [0.2, 0.25) is 0 Å². The second-order valence-electron chi connectivity index (χ2n) is 6.03. The highest BCUT2D eigenvalue weighted by Crippen LogP contribution is 2.22. The summed E-state index contributed by atoms with van der Waals surface area (Å²) in [6.07, 6.45) is 3.94. The number of aryl methyl sites for hydroxylation is 1. The number of ether oxygens (including phenoxy) is 1. The Morgan fingerprint density at radius 2 is 2.17 bits per heavy atom. The van der Waals surface area contributed by atoms with Crippen molar-refractivity contribution < 1.29 is 4.74 Å². The molecule has 24 heavy (non-hydrogen) atoms. The minimum Gasteiger partial charge on any atom is -0.371 e. The number of nitrogens with zero attached hydrogens (tertiary/aromatic N) is 7. The first-order valence-corrected chi connectivity index (χ1v) is 8.09. The molecule has 2 aromatic rings. The fraction of sp³-hybridized carbons (Fsp3) is 0.600. The average Bonchev–Trinajstić information content (AvgIpc) is 3.03. The zero-order valence-corrected chi connectivity index (χ0v) is 14.4. The van der Waals surface area contributed by atoms with Crippen molar-refractivity contribution in [2.24, 2.45) is 0 Å². The number of nitrogen functional groups attached to an aromatic ring is 1. The standard InChI is InChI=1S/C15H24N8O/c1-4-23-8-11(7-17-23)12-9-22(5-6-24-12)10-13-18-14(16)20-15(19-13)21(2)3/h7-8,12H,4-6,9-10H2,1-3H3,(H2,16,18,19,20)/t12-/m0/s1. The van der Waals surface area contributed by atoms with Crippen LogP contribution in [0, 0.1) is 0 Å². The van der Waals surface area contributed by atoms with E-state index >= 15 is 0 Å². The quantitative estimate of drug-likeness (QED) is 0.835. The van der Waals surface area contributed by atoms with E-state index in [4.69, 9.17) is 10.5 Å². The molecule has 0 aromatic carbocycles. The Hall–Kier alpha value is -2.26. The molecule has 2 aromatic heterocycles. The molecule has 2 N–H and O–H groups in total. The zero-order valence-electron chi connectivity index (χ0n) is 14.4. The van der Waals surface area contributed by atoms with Crippen molar-refractivity contribution >= 4 is 11.9 Å². The van der Waals surface area contributed by atoms with Gasteiger partial charge in [-0.15, -0.1) is 0 Å². The molecule has 0 unspecified atom stereocenters. The lowest BCUT2D eigenvalue weighted by atomic mass is 10.1. The summed E-state index contributed by atoms with van der Waals surface area (Å²) < 4.78 is 7.80. The first-order valence-electron chi connectivity index (χ1n) is 8.09. The second-order valence-corrected chi connectivity index (χ2v) is 6.03. The molecule has 0 amide bonds. The van der Waals surface area contributed by atoms with Crippen LogP contribution in [0.1, 0.15) is 24.4 Å². The largest absolute Gasteiger partial charge is 0.371 e. The van der Waals surface area contributed by atoms with Crippen LogP contribution in [0.15, 0.2) is 12.4 Å². The number of aromatic nitrogens is 5. The van der Waals surface area contributed by atoms with Crippen molar-refractivity contribution in [1.29, 1.82) is 0 Å². The highest BCUT2D eigenvalue weighted by Gasteiger charge is 2.24. The van der Waals surface area contributed by atoms with E-state index < -0.39 is 0 Å². The molecule has 1 aliphatic rings. The van der Waals surface area contributed by atoms with Gasteiger partial charge in [0.05, 0.1) is 25.5 Å². The van der Waals surface area contributed by atoms with Crippen molar-refractivity contribution in [3.8, 4) is 0 Å². The molecule has 0 saturated carbocycles. The Kier molecular flexibility index (Phi) is 4.91. The molecule has 1 atom stereocenters. The summed E-state index contributed by atoms with van der Waals surface area (Å²) in [5.41, 5.74) is 6.90. The SMILES string of the molecule is CCn1cc([C@@H]2CN(Cc3nc(N)nc(N(C)C)n3)CCO2)cn1. The first-order chi connectivity index (χ1) is 11.5. The van der Waals surface area contributed by atoms with Gasteiger partial charge in [0.15, 0.2) is 0 Å². The Morgan fingerprint density at radius 3 is 2.88 bits per heavy atom. The van der Waals surface area contributed by atoms with Crippen molar-refractivity contribution in [3.05, 3.63) is 23.8 Å². The number of rotatable bonds is 5. The van der Waals surface area contributed by atoms with Crippen molar-refractivity contribution in [1.82, 2.24) is 29.6 Å². The lowest BCUT2D eigenvalue weighted by Crippen LogP contribution is -2.38. The van der Waals surface area contributed by atoms with Crippen LogP contribution < -0.4 is 10.6 Å². The van der Waals surface area contributed by atoms with E-state index in [1.54, 1.807) is 0 Å². The summed E-state index contributed by atoms with van der Waals surface area (Å²) >= 11 is 0. The highest BCUT2D eigenvalue weighted by atomic mass is 16.5. The molecule has 0 radical (unpaired) electrons. The third-order valence-corrected chi connectivity index (χ3v) is 3.95. The van der Waals surface area contributed by atoms with Crippen LogP contribution >= 0.6 is 0 Å². The normalized spacial score (nSPS) is 18.7. The molecule has 0 spiro atoms. The van der Waals surface area contributed by atoms with Crippen molar-refractivity contribution in [3.63, 3.8) is 0 Å². The molecular weight excluding hydrogens is 308 g/mol. The van der Waals surface area contributed by atoms with E-state index in [2.05, 4.69) is 31.9 Å². The van der Waals surface area contributed by atoms with Gasteiger partial charge in [-0.05, 0) is 6.92 Å². The third kappa shape index (κ3) is 3.80. The van der Waals surface area contributed by atoms with E-state index in [0.29, 0.717) is 24.9 Å². The molecule has 1 fully saturated rings. The van der Waals surface area contributed by atoms with E-state index in [1.165, 1.54) is 0 Å². The first kappa shape index (κ1) is 16.6. The fourth-order valence-corrected chi connectivity index (χ4v) is 2.66. The molecule has 1 aliphatic heterocycles. The topological polar surface area (TPSA) is 98.2 Å². The smallest absolute Gasteiger partial charge is 0.229 e. The summed E-state index contributed by atoms with van der Waals surface area (Å²) in [4.78, 5) is 16.9. The van der Waals surface area contributed by atoms with Gasteiger partial charge in [-0.1, -0.05) is 0 Å². The van der Waals surface area contributed by atoms with E-state index in [1.807, 2.05) is 36.1 Å². The number of anilines is 2. The minimum atomic E-state index is 0.0200. The Morgan fingerprint density at radius 1 is 1.33 bits per heavy atom. The summed E-state index contributed by atoms with van der Waals surface area (Å²) in [7, 11) is 3.77. The van der Waals surface area contributed by atoms with E-state index in [-0.39, 0.29) is 12.1 Å². The Balaban J connectivity index is 1.69. The highest BCUT2D eigenvalue weighted by molar-refractivity contribution is 5.32. The number of nitrogens with two attached hydrogens (primary N) is 1. The molecule has 9 heteroatoms. The third-order valence-electron chi connectivity index (χ3n) is 3.95. The van der Waals surface area contributed by atoms with Crippen LogP contribution in [-0.2, 0) is 17.8 Å².